The van der Waals surface area contributed by atoms with E-state index < -0.39 is 21.8 Å². The van der Waals surface area contributed by atoms with E-state index in [-0.39, 0.29) is 22.2 Å². The van der Waals surface area contributed by atoms with Gasteiger partial charge in [0.15, 0.2) is 0 Å². The van der Waals surface area contributed by atoms with Gasteiger partial charge in [-0.2, -0.15) is 0 Å². The number of aromatic nitrogens is 1. The van der Waals surface area contributed by atoms with Gasteiger partial charge >= 0.3 is 0 Å². The second-order valence-electron chi connectivity index (χ2n) is 6.60. The Morgan fingerprint density at radius 2 is 1.52 bits per heavy atom. The molecule has 0 spiro atoms. The monoisotopic (exact) mass is 412 g/mol. The van der Waals surface area contributed by atoms with Crippen molar-refractivity contribution in [3.63, 3.8) is 0 Å². The Labute approximate surface area is 168 Å². The van der Waals surface area contributed by atoms with Gasteiger partial charge in [0.2, 0.25) is 10.0 Å². The Morgan fingerprint density at radius 3 is 2.21 bits per heavy atom. The Morgan fingerprint density at radius 1 is 0.862 bits per heavy atom. The summed E-state index contributed by atoms with van der Waals surface area (Å²) in [7, 11) is -3.64. The van der Waals surface area contributed by atoms with Crippen LogP contribution >= 0.6 is 0 Å². The van der Waals surface area contributed by atoms with Crippen molar-refractivity contribution in [2.24, 2.45) is 0 Å². The minimum atomic E-state index is -3.64. The van der Waals surface area contributed by atoms with Crippen LogP contribution in [0.15, 0.2) is 65.6 Å². The fourth-order valence-electron chi connectivity index (χ4n) is 2.61. The fourth-order valence-corrected chi connectivity index (χ4v) is 3.86. The van der Waals surface area contributed by atoms with E-state index in [4.69, 9.17) is 0 Å². The van der Waals surface area contributed by atoms with Gasteiger partial charge in [-0.15, -0.1) is 0 Å². The summed E-state index contributed by atoms with van der Waals surface area (Å²) in [5.74, 6) is -1.15. The van der Waals surface area contributed by atoms with Crippen molar-refractivity contribution >= 4 is 32.7 Å². The van der Waals surface area contributed by atoms with Crippen molar-refractivity contribution in [3.05, 3.63) is 71.9 Å². The molecule has 2 amide bonds. The minimum Gasteiger partial charge on any atom is -0.267 e. The first kappa shape index (κ1) is 20.4. The molecule has 0 radical (unpaired) electrons. The molecule has 0 atom stereocenters. The van der Waals surface area contributed by atoms with Crippen molar-refractivity contribution in [2.45, 2.75) is 24.8 Å². The number of fused-ring (bicyclic) bond motifs is 1. The fraction of sp³-hybridized carbons (Fsp3) is 0.150. The number of nitrogens with one attached hydrogen (secondary N) is 3. The Hall–Kier alpha value is -3.30. The molecule has 9 heteroatoms. The van der Waals surface area contributed by atoms with Crippen molar-refractivity contribution in [1.29, 1.82) is 0 Å². The number of hydrogen-bond acceptors (Lipinski definition) is 5. The number of para-hydroxylation sites is 1. The lowest BCUT2D eigenvalue weighted by Gasteiger charge is -2.10. The second kappa shape index (κ2) is 8.38. The summed E-state index contributed by atoms with van der Waals surface area (Å²) >= 11 is 0. The minimum absolute atomic E-state index is 0.0483. The summed E-state index contributed by atoms with van der Waals surface area (Å²) in [6.45, 7) is 3.43. The zero-order valence-corrected chi connectivity index (χ0v) is 16.7. The first-order valence-electron chi connectivity index (χ1n) is 8.85. The zero-order chi connectivity index (χ0) is 21.0. The number of amides is 2. The Balaban J connectivity index is 1.64. The highest BCUT2D eigenvalue weighted by atomic mass is 32.2. The predicted molar refractivity (Wildman–Crippen MR) is 109 cm³/mol. The second-order valence-corrected chi connectivity index (χ2v) is 8.31. The predicted octanol–water partition coefficient (Wildman–Crippen LogP) is 2.00. The largest absolute Gasteiger partial charge is 0.288 e. The van der Waals surface area contributed by atoms with Gasteiger partial charge in [0, 0.05) is 17.0 Å². The van der Waals surface area contributed by atoms with E-state index in [2.05, 4.69) is 20.6 Å². The van der Waals surface area contributed by atoms with Gasteiger partial charge in [-0.25, -0.2) is 18.1 Å². The third-order valence-electron chi connectivity index (χ3n) is 3.94. The molecular weight excluding hydrogens is 392 g/mol. The molecule has 0 saturated carbocycles. The molecule has 0 unspecified atom stereocenters. The highest BCUT2D eigenvalue weighted by Crippen LogP contribution is 2.12. The summed E-state index contributed by atoms with van der Waals surface area (Å²) in [6.07, 6.45) is 0. The number of pyridine rings is 1. The van der Waals surface area contributed by atoms with E-state index in [1.165, 1.54) is 24.3 Å². The first-order valence-corrected chi connectivity index (χ1v) is 10.3. The van der Waals surface area contributed by atoms with Gasteiger partial charge in [0.05, 0.1) is 10.4 Å². The average molecular weight is 412 g/mol. The Kier molecular flexibility index (Phi) is 5.90. The molecule has 3 rings (SSSR count). The lowest BCUT2D eigenvalue weighted by molar-refractivity contribution is 0.0844. The van der Waals surface area contributed by atoms with Gasteiger partial charge < -0.3 is 0 Å². The first-order chi connectivity index (χ1) is 13.8. The van der Waals surface area contributed by atoms with Crippen molar-refractivity contribution in [2.75, 3.05) is 0 Å². The zero-order valence-electron chi connectivity index (χ0n) is 15.8. The third kappa shape index (κ3) is 4.95. The van der Waals surface area contributed by atoms with Crippen LogP contribution in [0.1, 0.15) is 34.7 Å². The van der Waals surface area contributed by atoms with E-state index in [9.17, 15) is 18.0 Å². The molecule has 0 aliphatic heterocycles. The standard InChI is InChI=1S/C20H20N4O4S/c1-13(2)24-29(27,28)16-10-7-15(8-11-16)19(25)22-23-20(26)18-12-9-14-5-3-4-6-17(14)21-18/h3-13,24H,1-2H3,(H,22,25)(H,23,26). The van der Waals surface area contributed by atoms with Crippen LogP contribution in [0, 0.1) is 0 Å². The summed E-state index contributed by atoms with van der Waals surface area (Å²) < 4.78 is 26.7. The molecule has 0 bridgehead atoms. The average Bonchev–Trinajstić information content (AvgIpc) is 2.70. The number of rotatable bonds is 5. The maximum atomic E-state index is 12.2. The summed E-state index contributed by atoms with van der Waals surface area (Å²) in [6, 6.07) is 15.8. The number of hydrazine groups is 1. The molecule has 1 aromatic heterocycles. The van der Waals surface area contributed by atoms with Gasteiger partial charge in [0.1, 0.15) is 5.69 Å². The lowest BCUT2D eigenvalue weighted by Crippen LogP contribution is -2.42. The van der Waals surface area contributed by atoms with Crippen LogP contribution in [0.2, 0.25) is 0 Å². The summed E-state index contributed by atoms with van der Waals surface area (Å²) in [4.78, 5) is 28.8. The lowest BCUT2D eigenvalue weighted by atomic mass is 10.2. The normalized spacial score (nSPS) is 11.4. The Bertz CT molecular complexity index is 1160. The van der Waals surface area contributed by atoms with Crippen LogP contribution < -0.4 is 15.6 Å². The van der Waals surface area contributed by atoms with Gasteiger partial charge in [0.25, 0.3) is 11.8 Å². The molecule has 3 aromatic rings. The quantitative estimate of drug-likeness (QED) is 0.554. The molecule has 0 aliphatic carbocycles. The van der Waals surface area contributed by atoms with E-state index in [1.807, 2.05) is 18.2 Å². The van der Waals surface area contributed by atoms with Gasteiger partial charge in [-0.1, -0.05) is 24.3 Å². The van der Waals surface area contributed by atoms with Crippen molar-refractivity contribution < 1.29 is 18.0 Å². The molecule has 3 N–H and O–H groups in total. The molecule has 8 nitrogen and oxygen atoms in total. The van der Waals surface area contributed by atoms with Gasteiger partial charge in [-0.05, 0) is 50.2 Å². The van der Waals surface area contributed by atoms with Crippen molar-refractivity contribution in [1.82, 2.24) is 20.6 Å². The number of sulfonamides is 1. The summed E-state index contributed by atoms with van der Waals surface area (Å²) in [5, 5.41) is 0.898. The van der Waals surface area contributed by atoms with Crippen LogP contribution in [-0.2, 0) is 10.0 Å². The molecule has 29 heavy (non-hydrogen) atoms. The van der Waals surface area contributed by atoms with E-state index in [0.29, 0.717) is 5.52 Å². The number of carbonyl (C=O) groups is 2. The van der Waals surface area contributed by atoms with E-state index in [1.54, 1.807) is 32.0 Å². The molecule has 150 valence electrons. The maximum absolute atomic E-state index is 12.2. The summed E-state index contributed by atoms with van der Waals surface area (Å²) in [5.41, 5.74) is 5.61. The number of benzene rings is 2. The van der Waals surface area contributed by atoms with Crippen molar-refractivity contribution in [3.8, 4) is 0 Å². The van der Waals surface area contributed by atoms with Crippen LogP contribution in [-0.4, -0.2) is 31.3 Å². The van der Waals surface area contributed by atoms with E-state index in [0.717, 1.165) is 5.39 Å². The number of carbonyl (C=O) groups excluding carboxylic acids is 2. The number of hydrogen-bond donors (Lipinski definition) is 3. The molecule has 0 fully saturated rings. The SMILES string of the molecule is CC(C)NS(=O)(=O)c1ccc(C(=O)NNC(=O)c2ccc3ccccc3n2)cc1. The molecule has 0 aliphatic rings. The highest BCUT2D eigenvalue weighted by molar-refractivity contribution is 7.89. The molecule has 0 saturated heterocycles. The number of nitrogens with zero attached hydrogens (tertiary/aromatic N) is 1. The molecule has 2 aromatic carbocycles. The topological polar surface area (TPSA) is 117 Å². The smallest absolute Gasteiger partial charge is 0.267 e. The molecular formula is C20H20N4O4S. The highest BCUT2D eigenvalue weighted by Gasteiger charge is 2.16. The van der Waals surface area contributed by atoms with Crippen LogP contribution in [0.4, 0.5) is 0 Å². The van der Waals surface area contributed by atoms with Crippen LogP contribution in [0.25, 0.3) is 10.9 Å². The van der Waals surface area contributed by atoms with Gasteiger partial charge in [-0.3, -0.25) is 20.4 Å². The van der Waals surface area contributed by atoms with E-state index >= 15 is 0 Å². The molecule has 1 heterocycles. The van der Waals surface area contributed by atoms with Crippen LogP contribution in [0.5, 0.6) is 0 Å². The third-order valence-corrected chi connectivity index (χ3v) is 5.61. The maximum Gasteiger partial charge on any atom is 0.288 e. The van der Waals surface area contributed by atoms with Crippen LogP contribution in [0.3, 0.4) is 0 Å².